The highest BCUT2D eigenvalue weighted by Gasteiger charge is 2.20. The van der Waals surface area contributed by atoms with Crippen LogP contribution in [-0.4, -0.2) is 9.78 Å². The zero-order valence-electron chi connectivity index (χ0n) is 8.96. The molecule has 3 heteroatoms. The molecular formula is C10H19N3. The second-order valence-electron chi connectivity index (χ2n) is 4.45. The van der Waals surface area contributed by atoms with Crippen molar-refractivity contribution in [3.05, 3.63) is 11.9 Å². The highest BCUT2D eigenvalue weighted by Crippen LogP contribution is 2.25. The van der Waals surface area contributed by atoms with Gasteiger partial charge in [0.15, 0.2) is 0 Å². The van der Waals surface area contributed by atoms with Gasteiger partial charge in [0.25, 0.3) is 0 Å². The fourth-order valence-corrected chi connectivity index (χ4v) is 1.36. The summed E-state index contributed by atoms with van der Waals surface area (Å²) in [5.41, 5.74) is 7.73. The molecule has 0 radical (unpaired) electrons. The summed E-state index contributed by atoms with van der Waals surface area (Å²) >= 11 is 0. The van der Waals surface area contributed by atoms with Crippen LogP contribution in [0.15, 0.2) is 6.20 Å². The van der Waals surface area contributed by atoms with Crippen LogP contribution in [0.2, 0.25) is 0 Å². The first-order valence-electron chi connectivity index (χ1n) is 4.78. The quantitative estimate of drug-likeness (QED) is 0.760. The molecule has 1 rings (SSSR count). The number of rotatable bonds is 2. The molecule has 74 valence electrons. The molecule has 2 N–H and O–H groups in total. The number of hydrogen-bond acceptors (Lipinski definition) is 2. The number of aryl methyl sites for hydroxylation is 1. The second-order valence-corrected chi connectivity index (χ2v) is 4.45. The van der Waals surface area contributed by atoms with Gasteiger partial charge in [0.1, 0.15) is 0 Å². The molecule has 0 spiro atoms. The zero-order valence-corrected chi connectivity index (χ0v) is 8.96. The molecule has 0 aliphatic rings. The molecule has 0 fully saturated rings. The van der Waals surface area contributed by atoms with Gasteiger partial charge in [-0.1, -0.05) is 27.7 Å². The summed E-state index contributed by atoms with van der Waals surface area (Å²) in [6, 6.07) is 0. The first-order chi connectivity index (χ1) is 5.95. The Morgan fingerprint density at radius 3 is 2.46 bits per heavy atom. The van der Waals surface area contributed by atoms with Gasteiger partial charge < -0.3 is 5.73 Å². The Balaban J connectivity index is 2.96. The van der Waals surface area contributed by atoms with Crippen molar-refractivity contribution in [1.82, 2.24) is 9.78 Å². The van der Waals surface area contributed by atoms with E-state index in [1.165, 1.54) is 0 Å². The van der Waals surface area contributed by atoms with Gasteiger partial charge in [0.05, 0.1) is 11.4 Å². The van der Waals surface area contributed by atoms with E-state index in [1.54, 1.807) is 0 Å². The average molecular weight is 181 g/mol. The Labute approximate surface area is 79.9 Å². The SMILES string of the molecule is CCCn1cc(N)c(C(C)(C)C)n1. The van der Waals surface area contributed by atoms with Gasteiger partial charge in [0.2, 0.25) is 0 Å². The van der Waals surface area contributed by atoms with E-state index in [0.29, 0.717) is 0 Å². The zero-order chi connectivity index (χ0) is 10.1. The minimum Gasteiger partial charge on any atom is -0.396 e. The Hall–Kier alpha value is -0.990. The monoisotopic (exact) mass is 181 g/mol. The van der Waals surface area contributed by atoms with Crippen LogP contribution in [0.5, 0.6) is 0 Å². The van der Waals surface area contributed by atoms with Crippen molar-refractivity contribution in [2.75, 3.05) is 5.73 Å². The largest absolute Gasteiger partial charge is 0.396 e. The van der Waals surface area contributed by atoms with Gasteiger partial charge in [-0.15, -0.1) is 0 Å². The Kier molecular flexibility index (Phi) is 2.64. The maximum Gasteiger partial charge on any atom is 0.0907 e. The van der Waals surface area contributed by atoms with Gasteiger partial charge in [-0.3, -0.25) is 4.68 Å². The summed E-state index contributed by atoms with van der Waals surface area (Å²) in [6.07, 6.45) is 3.01. The van der Waals surface area contributed by atoms with E-state index in [9.17, 15) is 0 Å². The predicted octanol–water partition coefficient (Wildman–Crippen LogP) is 2.17. The standard InChI is InChI=1S/C10H19N3/c1-5-6-13-7-8(11)9(12-13)10(2,3)4/h7H,5-6,11H2,1-4H3. The van der Waals surface area contributed by atoms with E-state index < -0.39 is 0 Å². The number of nitrogen functional groups attached to an aromatic ring is 1. The third-order valence-corrected chi connectivity index (χ3v) is 1.95. The predicted molar refractivity (Wildman–Crippen MR) is 55.6 cm³/mol. The molecule has 13 heavy (non-hydrogen) atoms. The van der Waals surface area contributed by atoms with Crippen molar-refractivity contribution in [3.8, 4) is 0 Å². The van der Waals surface area contributed by atoms with Gasteiger partial charge in [-0.05, 0) is 6.42 Å². The summed E-state index contributed by atoms with van der Waals surface area (Å²) in [4.78, 5) is 0. The lowest BCUT2D eigenvalue weighted by Crippen LogP contribution is -2.14. The van der Waals surface area contributed by atoms with Gasteiger partial charge >= 0.3 is 0 Å². The van der Waals surface area contributed by atoms with Gasteiger partial charge in [-0.25, -0.2) is 0 Å². The first-order valence-corrected chi connectivity index (χ1v) is 4.78. The number of anilines is 1. The van der Waals surface area contributed by atoms with Crippen molar-refractivity contribution in [3.63, 3.8) is 0 Å². The molecule has 3 nitrogen and oxygen atoms in total. The fraction of sp³-hybridized carbons (Fsp3) is 0.700. The maximum absolute atomic E-state index is 5.87. The second kappa shape index (κ2) is 3.40. The first kappa shape index (κ1) is 10.1. The molecule has 1 aromatic heterocycles. The third kappa shape index (κ3) is 2.23. The minimum absolute atomic E-state index is 0.0447. The van der Waals surface area contributed by atoms with Crippen LogP contribution in [0.25, 0.3) is 0 Å². The minimum atomic E-state index is 0.0447. The molecule has 0 bridgehead atoms. The van der Waals surface area contributed by atoms with Crippen LogP contribution < -0.4 is 5.73 Å². The summed E-state index contributed by atoms with van der Waals surface area (Å²) in [5, 5.41) is 4.46. The van der Waals surface area contributed by atoms with Gasteiger partial charge in [-0.2, -0.15) is 5.10 Å². The normalized spacial score (nSPS) is 12.0. The number of aromatic nitrogens is 2. The van der Waals surface area contributed by atoms with Gasteiger partial charge in [0, 0.05) is 18.2 Å². The maximum atomic E-state index is 5.87. The molecule has 0 atom stereocenters. The Morgan fingerprint density at radius 1 is 1.46 bits per heavy atom. The summed E-state index contributed by atoms with van der Waals surface area (Å²) in [5.74, 6) is 0. The number of hydrogen-bond donors (Lipinski definition) is 1. The van der Waals surface area contributed by atoms with Crippen LogP contribution in [0.1, 0.15) is 39.8 Å². The van der Waals surface area contributed by atoms with Crippen molar-refractivity contribution in [2.45, 2.75) is 46.1 Å². The van der Waals surface area contributed by atoms with Crippen LogP contribution >= 0.6 is 0 Å². The molecular weight excluding hydrogens is 162 g/mol. The summed E-state index contributed by atoms with van der Waals surface area (Å²) < 4.78 is 1.93. The molecule has 1 aromatic rings. The van der Waals surface area contributed by atoms with E-state index in [0.717, 1.165) is 24.3 Å². The number of nitrogens with two attached hydrogens (primary N) is 1. The lowest BCUT2D eigenvalue weighted by Gasteiger charge is -2.15. The van der Waals surface area contributed by atoms with E-state index in [4.69, 9.17) is 5.73 Å². The topological polar surface area (TPSA) is 43.8 Å². The lowest BCUT2D eigenvalue weighted by atomic mass is 9.92. The van der Waals surface area contributed by atoms with Crippen LogP contribution in [0.4, 0.5) is 5.69 Å². The molecule has 0 aliphatic carbocycles. The molecule has 0 unspecified atom stereocenters. The fourth-order valence-electron chi connectivity index (χ4n) is 1.36. The van der Waals surface area contributed by atoms with Crippen molar-refractivity contribution < 1.29 is 0 Å². The van der Waals surface area contributed by atoms with Crippen LogP contribution in [0.3, 0.4) is 0 Å². The smallest absolute Gasteiger partial charge is 0.0907 e. The van der Waals surface area contributed by atoms with E-state index in [2.05, 4.69) is 32.8 Å². The molecule has 0 amide bonds. The highest BCUT2D eigenvalue weighted by molar-refractivity contribution is 5.44. The third-order valence-electron chi connectivity index (χ3n) is 1.95. The molecule has 0 aliphatic heterocycles. The Bertz CT molecular complexity index is 281. The number of nitrogens with zero attached hydrogens (tertiary/aromatic N) is 2. The van der Waals surface area contributed by atoms with Crippen molar-refractivity contribution in [2.24, 2.45) is 0 Å². The summed E-state index contributed by atoms with van der Waals surface area (Å²) in [7, 11) is 0. The van der Waals surface area contributed by atoms with Crippen molar-refractivity contribution >= 4 is 5.69 Å². The molecule has 0 saturated carbocycles. The molecule has 0 saturated heterocycles. The van der Waals surface area contributed by atoms with Crippen molar-refractivity contribution in [1.29, 1.82) is 0 Å². The van der Waals surface area contributed by atoms with E-state index in [-0.39, 0.29) is 5.41 Å². The van der Waals surface area contributed by atoms with E-state index >= 15 is 0 Å². The highest BCUT2D eigenvalue weighted by atomic mass is 15.3. The Morgan fingerprint density at radius 2 is 2.08 bits per heavy atom. The average Bonchev–Trinajstić information content (AvgIpc) is 2.30. The molecule has 0 aromatic carbocycles. The van der Waals surface area contributed by atoms with Crippen LogP contribution in [-0.2, 0) is 12.0 Å². The lowest BCUT2D eigenvalue weighted by molar-refractivity contribution is 0.529. The molecule has 1 heterocycles. The van der Waals surface area contributed by atoms with Crippen LogP contribution in [0, 0.1) is 0 Å². The summed E-state index contributed by atoms with van der Waals surface area (Å²) in [6.45, 7) is 9.46. The van der Waals surface area contributed by atoms with E-state index in [1.807, 2.05) is 10.9 Å².